The van der Waals surface area contributed by atoms with E-state index in [4.69, 9.17) is 4.42 Å². The number of aromatic nitrogens is 1. The zero-order valence-corrected chi connectivity index (χ0v) is 8.22. The van der Waals surface area contributed by atoms with Gasteiger partial charge < -0.3 is 4.42 Å². The highest BCUT2D eigenvalue weighted by Gasteiger charge is 2.06. The summed E-state index contributed by atoms with van der Waals surface area (Å²) < 4.78 is 5.15. The Morgan fingerprint density at radius 3 is 2.93 bits per heavy atom. The summed E-state index contributed by atoms with van der Waals surface area (Å²) in [5.41, 5.74) is 0.657. The Kier molecular flexibility index (Phi) is 2.93. The molecule has 0 fully saturated rings. The smallest absolute Gasteiger partial charge is 0.164 e. The summed E-state index contributed by atoms with van der Waals surface area (Å²) >= 11 is 0. The lowest BCUT2D eigenvalue weighted by atomic mass is 10.1. The van der Waals surface area contributed by atoms with Gasteiger partial charge in [0.2, 0.25) is 0 Å². The molecular weight excluding hydrogens is 190 g/mol. The molecule has 0 bridgehead atoms. The van der Waals surface area contributed by atoms with Gasteiger partial charge in [-0.25, -0.2) is 0 Å². The number of carbonyl (C=O) groups excluding carboxylic acids is 1. The maximum atomic E-state index is 11.7. The van der Waals surface area contributed by atoms with Gasteiger partial charge >= 0.3 is 0 Å². The summed E-state index contributed by atoms with van der Waals surface area (Å²) in [6.45, 7) is 0. The Morgan fingerprint density at radius 2 is 2.27 bits per heavy atom. The Hall–Kier alpha value is -1.90. The summed E-state index contributed by atoms with van der Waals surface area (Å²) in [5.74, 6) is 0.937. The molecule has 76 valence electrons. The SMILES string of the molecule is O=C(CCc1ccco1)c1cccnc1. The van der Waals surface area contributed by atoms with Crippen LogP contribution in [0.5, 0.6) is 0 Å². The van der Waals surface area contributed by atoms with E-state index in [1.807, 2.05) is 12.1 Å². The van der Waals surface area contributed by atoms with Gasteiger partial charge in [-0.15, -0.1) is 0 Å². The van der Waals surface area contributed by atoms with Crippen LogP contribution in [0.2, 0.25) is 0 Å². The third-order valence-corrected chi connectivity index (χ3v) is 2.16. The van der Waals surface area contributed by atoms with Gasteiger partial charge in [0.1, 0.15) is 5.76 Å². The monoisotopic (exact) mass is 201 g/mol. The van der Waals surface area contributed by atoms with Crippen LogP contribution < -0.4 is 0 Å². The normalized spacial score (nSPS) is 10.1. The number of rotatable bonds is 4. The van der Waals surface area contributed by atoms with Crippen molar-refractivity contribution in [3.8, 4) is 0 Å². The molecule has 2 aromatic heterocycles. The molecule has 0 aliphatic carbocycles. The summed E-state index contributed by atoms with van der Waals surface area (Å²) in [7, 11) is 0. The Labute approximate surface area is 87.8 Å². The van der Waals surface area contributed by atoms with Gasteiger partial charge in [-0.3, -0.25) is 9.78 Å². The average Bonchev–Trinajstić information content (AvgIpc) is 2.80. The second-order valence-electron chi connectivity index (χ2n) is 3.24. The van der Waals surface area contributed by atoms with E-state index in [9.17, 15) is 4.79 Å². The number of pyridine rings is 1. The molecule has 15 heavy (non-hydrogen) atoms. The standard InChI is InChI=1S/C12H11NO2/c14-12(10-3-1-7-13-9-10)6-5-11-4-2-8-15-11/h1-4,7-9H,5-6H2. The van der Waals surface area contributed by atoms with Crippen LogP contribution in [0.25, 0.3) is 0 Å². The summed E-state index contributed by atoms with van der Waals surface area (Å²) in [6.07, 6.45) is 5.96. The van der Waals surface area contributed by atoms with Crippen molar-refractivity contribution < 1.29 is 9.21 Å². The van der Waals surface area contributed by atoms with Crippen LogP contribution in [-0.4, -0.2) is 10.8 Å². The lowest BCUT2D eigenvalue weighted by Gasteiger charge is -1.98. The highest BCUT2D eigenvalue weighted by molar-refractivity contribution is 5.95. The minimum atomic E-state index is 0.0968. The third-order valence-electron chi connectivity index (χ3n) is 2.16. The lowest BCUT2D eigenvalue weighted by molar-refractivity contribution is 0.0980. The second kappa shape index (κ2) is 4.55. The average molecular weight is 201 g/mol. The van der Waals surface area contributed by atoms with Crippen molar-refractivity contribution in [1.82, 2.24) is 4.98 Å². The largest absolute Gasteiger partial charge is 0.469 e. The van der Waals surface area contributed by atoms with Crippen molar-refractivity contribution in [3.63, 3.8) is 0 Å². The van der Waals surface area contributed by atoms with Crippen LogP contribution >= 0.6 is 0 Å². The zero-order chi connectivity index (χ0) is 10.5. The minimum absolute atomic E-state index is 0.0968. The highest BCUT2D eigenvalue weighted by Crippen LogP contribution is 2.07. The molecule has 0 N–H and O–H groups in total. The lowest BCUT2D eigenvalue weighted by Crippen LogP contribution is -2.00. The second-order valence-corrected chi connectivity index (χ2v) is 3.24. The molecule has 0 aromatic carbocycles. The first-order valence-corrected chi connectivity index (χ1v) is 4.82. The maximum absolute atomic E-state index is 11.7. The topological polar surface area (TPSA) is 43.1 Å². The number of hydrogen-bond donors (Lipinski definition) is 0. The molecule has 0 atom stereocenters. The summed E-state index contributed by atoms with van der Waals surface area (Å²) in [5, 5.41) is 0. The number of carbonyl (C=O) groups is 1. The number of aryl methyl sites for hydroxylation is 1. The molecule has 0 aliphatic rings. The van der Waals surface area contributed by atoms with E-state index in [0.29, 0.717) is 18.4 Å². The van der Waals surface area contributed by atoms with Gasteiger partial charge in [-0.2, -0.15) is 0 Å². The van der Waals surface area contributed by atoms with Crippen LogP contribution in [0.1, 0.15) is 22.5 Å². The zero-order valence-electron chi connectivity index (χ0n) is 8.22. The van der Waals surface area contributed by atoms with Crippen molar-refractivity contribution >= 4 is 5.78 Å². The molecule has 0 unspecified atom stereocenters. The highest BCUT2D eigenvalue weighted by atomic mass is 16.3. The number of ketones is 1. The molecule has 0 radical (unpaired) electrons. The van der Waals surface area contributed by atoms with Gasteiger partial charge in [-0.05, 0) is 24.3 Å². The van der Waals surface area contributed by atoms with Gasteiger partial charge in [0.05, 0.1) is 6.26 Å². The first kappa shape index (κ1) is 9.65. The Balaban J connectivity index is 1.94. The van der Waals surface area contributed by atoms with Crippen molar-refractivity contribution in [3.05, 3.63) is 54.2 Å². The molecule has 3 heteroatoms. The fraction of sp³-hybridized carbons (Fsp3) is 0.167. The van der Waals surface area contributed by atoms with Crippen LogP contribution in [0.4, 0.5) is 0 Å². The number of hydrogen-bond acceptors (Lipinski definition) is 3. The van der Waals surface area contributed by atoms with E-state index < -0.39 is 0 Å². The number of Topliss-reactive ketones (excluding diaryl/α,β-unsaturated/α-hetero) is 1. The van der Waals surface area contributed by atoms with E-state index in [2.05, 4.69) is 4.98 Å². The van der Waals surface area contributed by atoms with Gasteiger partial charge in [0.25, 0.3) is 0 Å². The van der Waals surface area contributed by atoms with Gasteiger partial charge in [0, 0.05) is 30.8 Å². The fourth-order valence-corrected chi connectivity index (χ4v) is 1.36. The van der Waals surface area contributed by atoms with Crippen molar-refractivity contribution in [1.29, 1.82) is 0 Å². The van der Waals surface area contributed by atoms with Crippen LogP contribution in [-0.2, 0) is 6.42 Å². The van der Waals surface area contributed by atoms with E-state index in [1.54, 1.807) is 30.8 Å². The Morgan fingerprint density at radius 1 is 1.33 bits per heavy atom. The summed E-state index contributed by atoms with van der Waals surface area (Å²) in [6, 6.07) is 7.23. The molecule has 2 rings (SSSR count). The van der Waals surface area contributed by atoms with E-state index in [-0.39, 0.29) is 5.78 Å². The molecule has 2 aromatic rings. The van der Waals surface area contributed by atoms with Crippen LogP contribution in [0.3, 0.4) is 0 Å². The third kappa shape index (κ3) is 2.53. The fourth-order valence-electron chi connectivity index (χ4n) is 1.36. The van der Waals surface area contributed by atoms with Crippen LogP contribution in [0, 0.1) is 0 Å². The van der Waals surface area contributed by atoms with Crippen molar-refractivity contribution in [2.24, 2.45) is 0 Å². The Bertz CT molecular complexity index is 420. The molecule has 0 saturated heterocycles. The molecule has 3 nitrogen and oxygen atoms in total. The predicted molar refractivity (Wildman–Crippen MR) is 55.6 cm³/mol. The van der Waals surface area contributed by atoms with Crippen LogP contribution in [0.15, 0.2) is 47.3 Å². The summed E-state index contributed by atoms with van der Waals surface area (Å²) in [4.78, 5) is 15.6. The van der Waals surface area contributed by atoms with Gasteiger partial charge in [0.15, 0.2) is 5.78 Å². The maximum Gasteiger partial charge on any atom is 0.164 e. The predicted octanol–water partition coefficient (Wildman–Crippen LogP) is 2.49. The van der Waals surface area contributed by atoms with E-state index in [0.717, 1.165) is 5.76 Å². The van der Waals surface area contributed by atoms with Gasteiger partial charge in [-0.1, -0.05) is 0 Å². The van der Waals surface area contributed by atoms with Crippen molar-refractivity contribution in [2.45, 2.75) is 12.8 Å². The van der Waals surface area contributed by atoms with Crippen molar-refractivity contribution in [2.75, 3.05) is 0 Å². The van der Waals surface area contributed by atoms with E-state index in [1.165, 1.54) is 0 Å². The van der Waals surface area contributed by atoms with E-state index >= 15 is 0 Å². The molecule has 0 amide bonds. The molecule has 0 aliphatic heterocycles. The molecule has 0 saturated carbocycles. The molecule has 0 spiro atoms. The first-order valence-electron chi connectivity index (χ1n) is 4.82. The molecule has 2 heterocycles. The quantitative estimate of drug-likeness (QED) is 0.714. The number of nitrogens with zero attached hydrogens (tertiary/aromatic N) is 1. The minimum Gasteiger partial charge on any atom is -0.469 e. The molecular formula is C12H11NO2. The first-order chi connectivity index (χ1) is 7.36. The number of furan rings is 1.